The lowest BCUT2D eigenvalue weighted by molar-refractivity contribution is -0.113. The van der Waals surface area contributed by atoms with Gasteiger partial charge in [0.05, 0.1) is 17.7 Å². The van der Waals surface area contributed by atoms with Crippen molar-refractivity contribution in [3.05, 3.63) is 66.1 Å². The summed E-state index contributed by atoms with van der Waals surface area (Å²) in [5.74, 6) is 0.483. The van der Waals surface area contributed by atoms with E-state index in [1.807, 2.05) is 24.4 Å². The molecule has 1 N–H and O–H groups in total. The van der Waals surface area contributed by atoms with Crippen LogP contribution in [0.4, 0.5) is 10.1 Å². The number of amides is 1. The highest BCUT2D eigenvalue weighted by Crippen LogP contribution is 2.35. The summed E-state index contributed by atoms with van der Waals surface area (Å²) in [6.45, 7) is 2.51. The second-order valence-electron chi connectivity index (χ2n) is 7.05. The van der Waals surface area contributed by atoms with Gasteiger partial charge in [0.15, 0.2) is 10.8 Å². The summed E-state index contributed by atoms with van der Waals surface area (Å²) in [7, 11) is 0. The molecular formula is C23H18FN5O2S2. The fourth-order valence-electron chi connectivity index (χ4n) is 3.39. The second kappa shape index (κ2) is 9.16. The summed E-state index contributed by atoms with van der Waals surface area (Å²) in [6, 6.07) is 13.6. The van der Waals surface area contributed by atoms with E-state index < -0.39 is 0 Å². The van der Waals surface area contributed by atoms with E-state index in [0.29, 0.717) is 23.1 Å². The highest BCUT2D eigenvalue weighted by atomic mass is 32.2. The fourth-order valence-corrected chi connectivity index (χ4v) is 5.00. The Kier molecular flexibility index (Phi) is 5.93. The number of hydrogen-bond donors (Lipinski definition) is 1. The molecule has 3 aromatic heterocycles. The molecule has 0 unspecified atom stereocenters. The number of carbonyl (C=O) groups excluding carboxylic acids is 1. The number of thioether (sulfide) groups is 1. The van der Waals surface area contributed by atoms with E-state index in [9.17, 15) is 9.18 Å². The molecule has 7 nitrogen and oxygen atoms in total. The van der Waals surface area contributed by atoms with Crippen molar-refractivity contribution < 1.29 is 13.9 Å². The number of thiophene rings is 1. The Balaban J connectivity index is 1.35. The summed E-state index contributed by atoms with van der Waals surface area (Å²) >= 11 is 2.77. The number of aromatic nitrogens is 4. The summed E-state index contributed by atoms with van der Waals surface area (Å²) in [6.07, 6.45) is 1.66. The van der Waals surface area contributed by atoms with Crippen molar-refractivity contribution >= 4 is 50.6 Å². The van der Waals surface area contributed by atoms with Crippen molar-refractivity contribution in [2.45, 2.75) is 12.1 Å². The van der Waals surface area contributed by atoms with Gasteiger partial charge in [-0.3, -0.25) is 9.20 Å². The predicted octanol–water partition coefficient (Wildman–Crippen LogP) is 5.27. The molecule has 1 amide bonds. The summed E-state index contributed by atoms with van der Waals surface area (Å²) in [5.41, 5.74) is 3.14. The number of carbonyl (C=O) groups is 1. The maximum atomic E-state index is 13.4. The normalized spacial score (nSPS) is 11.2. The molecule has 0 saturated heterocycles. The number of ether oxygens (including phenoxy) is 1. The fraction of sp³-hybridized carbons (Fsp3) is 0.130. The predicted molar refractivity (Wildman–Crippen MR) is 129 cm³/mol. The van der Waals surface area contributed by atoms with Crippen molar-refractivity contribution in [2.24, 2.45) is 0 Å². The number of halogens is 1. The molecule has 166 valence electrons. The summed E-state index contributed by atoms with van der Waals surface area (Å²) in [4.78, 5) is 17.8. The number of hydrogen-bond acceptors (Lipinski definition) is 7. The van der Waals surface area contributed by atoms with Gasteiger partial charge < -0.3 is 10.1 Å². The zero-order valence-corrected chi connectivity index (χ0v) is 19.1. The Bertz CT molecular complexity index is 1430. The van der Waals surface area contributed by atoms with Gasteiger partial charge in [0.1, 0.15) is 22.7 Å². The highest BCUT2D eigenvalue weighted by molar-refractivity contribution is 7.99. The monoisotopic (exact) mass is 479 g/mol. The molecule has 0 saturated carbocycles. The van der Waals surface area contributed by atoms with Crippen LogP contribution in [-0.4, -0.2) is 37.8 Å². The van der Waals surface area contributed by atoms with Crippen molar-refractivity contribution in [2.75, 3.05) is 17.7 Å². The number of rotatable bonds is 7. The molecular weight excluding hydrogens is 461 g/mol. The lowest BCUT2D eigenvalue weighted by atomic mass is 10.1. The Morgan fingerprint density at radius 3 is 2.70 bits per heavy atom. The first-order valence-corrected chi connectivity index (χ1v) is 12.0. The average molecular weight is 480 g/mol. The molecule has 2 aromatic carbocycles. The van der Waals surface area contributed by atoms with Crippen molar-refractivity contribution in [3.63, 3.8) is 0 Å². The zero-order chi connectivity index (χ0) is 22.8. The third kappa shape index (κ3) is 4.39. The molecule has 3 heterocycles. The number of benzene rings is 2. The van der Waals surface area contributed by atoms with E-state index >= 15 is 0 Å². The van der Waals surface area contributed by atoms with Crippen molar-refractivity contribution in [3.8, 4) is 16.9 Å². The third-order valence-electron chi connectivity index (χ3n) is 4.89. The van der Waals surface area contributed by atoms with Crippen LogP contribution in [0.5, 0.6) is 5.75 Å². The van der Waals surface area contributed by atoms with Crippen LogP contribution < -0.4 is 10.1 Å². The molecule has 10 heteroatoms. The smallest absolute Gasteiger partial charge is 0.234 e. The van der Waals surface area contributed by atoms with E-state index in [2.05, 4.69) is 20.5 Å². The van der Waals surface area contributed by atoms with Gasteiger partial charge in [0, 0.05) is 16.6 Å². The molecule has 0 spiro atoms. The molecule has 33 heavy (non-hydrogen) atoms. The maximum Gasteiger partial charge on any atom is 0.234 e. The van der Waals surface area contributed by atoms with Gasteiger partial charge in [-0.05, 0) is 48.9 Å². The van der Waals surface area contributed by atoms with Crippen molar-refractivity contribution in [1.29, 1.82) is 0 Å². The van der Waals surface area contributed by atoms with Crippen LogP contribution in [0.3, 0.4) is 0 Å². The number of nitrogens with one attached hydrogen (secondary N) is 1. The van der Waals surface area contributed by atoms with Crippen LogP contribution in [0.1, 0.15) is 6.92 Å². The summed E-state index contributed by atoms with van der Waals surface area (Å²) in [5, 5.41) is 14.9. The van der Waals surface area contributed by atoms with Crippen LogP contribution in [0.25, 0.3) is 27.0 Å². The van der Waals surface area contributed by atoms with Crippen LogP contribution in [0, 0.1) is 5.82 Å². The average Bonchev–Trinajstić information content (AvgIpc) is 3.44. The van der Waals surface area contributed by atoms with E-state index in [0.717, 1.165) is 27.1 Å². The number of anilines is 1. The van der Waals surface area contributed by atoms with Gasteiger partial charge in [-0.1, -0.05) is 23.9 Å². The quantitative estimate of drug-likeness (QED) is 0.320. The SMILES string of the molecule is CCOc1ccc(NC(=O)CSc2nnc3c4c(-c5ccc(F)cc5)csc4ncn23)cc1. The van der Waals surface area contributed by atoms with E-state index in [1.165, 1.54) is 35.2 Å². The molecule has 5 rings (SSSR count). The topological polar surface area (TPSA) is 81.4 Å². The molecule has 0 aliphatic heterocycles. The van der Waals surface area contributed by atoms with E-state index in [-0.39, 0.29) is 17.5 Å². The summed E-state index contributed by atoms with van der Waals surface area (Å²) < 4.78 is 20.5. The first-order valence-electron chi connectivity index (χ1n) is 10.1. The Labute approximate surface area is 196 Å². The minimum absolute atomic E-state index is 0.155. The molecule has 0 atom stereocenters. The second-order valence-corrected chi connectivity index (χ2v) is 8.85. The largest absolute Gasteiger partial charge is 0.494 e. The molecule has 0 aliphatic rings. The van der Waals surface area contributed by atoms with Crippen molar-refractivity contribution in [1.82, 2.24) is 19.6 Å². The zero-order valence-electron chi connectivity index (χ0n) is 17.5. The van der Waals surface area contributed by atoms with Crippen LogP contribution in [-0.2, 0) is 4.79 Å². The van der Waals surface area contributed by atoms with E-state index in [4.69, 9.17) is 4.74 Å². The molecule has 5 aromatic rings. The Morgan fingerprint density at radius 1 is 1.15 bits per heavy atom. The lowest BCUT2D eigenvalue weighted by Crippen LogP contribution is -2.14. The Morgan fingerprint density at radius 2 is 1.94 bits per heavy atom. The van der Waals surface area contributed by atoms with E-state index in [1.54, 1.807) is 35.0 Å². The van der Waals surface area contributed by atoms with Gasteiger partial charge in [-0.25, -0.2) is 9.37 Å². The molecule has 0 aliphatic carbocycles. The first kappa shape index (κ1) is 21.4. The number of fused-ring (bicyclic) bond motifs is 3. The highest BCUT2D eigenvalue weighted by Gasteiger charge is 2.17. The molecule has 0 radical (unpaired) electrons. The minimum Gasteiger partial charge on any atom is -0.494 e. The number of nitrogens with zero attached hydrogens (tertiary/aromatic N) is 4. The van der Waals surface area contributed by atoms with Crippen LogP contribution in [0.2, 0.25) is 0 Å². The third-order valence-corrected chi connectivity index (χ3v) is 6.72. The van der Waals surface area contributed by atoms with Gasteiger partial charge in [0.25, 0.3) is 0 Å². The van der Waals surface area contributed by atoms with Crippen LogP contribution in [0.15, 0.2) is 65.4 Å². The lowest BCUT2D eigenvalue weighted by Gasteiger charge is -2.07. The van der Waals surface area contributed by atoms with Gasteiger partial charge >= 0.3 is 0 Å². The standard InChI is InChI=1S/C23H18FN5O2S2/c1-2-31-17-9-7-16(8-10-17)26-19(30)12-33-23-28-27-21-20-18(14-3-5-15(24)6-4-14)11-32-22(20)25-13-29(21)23/h3-11,13H,2,12H2,1H3,(H,26,30). The van der Waals surface area contributed by atoms with Gasteiger partial charge in [-0.2, -0.15) is 0 Å². The van der Waals surface area contributed by atoms with Gasteiger partial charge in [0.2, 0.25) is 5.91 Å². The molecule has 0 fully saturated rings. The van der Waals surface area contributed by atoms with Gasteiger partial charge in [-0.15, -0.1) is 21.5 Å². The Hall–Kier alpha value is -3.50. The van der Waals surface area contributed by atoms with Crippen LogP contribution >= 0.6 is 23.1 Å². The first-order chi connectivity index (χ1) is 16.1. The minimum atomic E-state index is -0.286. The molecule has 0 bridgehead atoms. The maximum absolute atomic E-state index is 13.4.